The maximum absolute atomic E-state index is 4.88. The number of rotatable bonds is 7. The Bertz CT molecular complexity index is 1880. The minimum atomic E-state index is -2.58. The zero-order valence-electron chi connectivity index (χ0n) is 23.3. The summed E-state index contributed by atoms with van der Waals surface area (Å²) in [6.45, 7) is 0. The van der Waals surface area contributed by atoms with E-state index < -0.39 is 16.5 Å². The zero-order chi connectivity index (χ0) is 28.8. The van der Waals surface area contributed by atoms with Crippen molar-refractivity contribution in [3.8, 4) is 44.9 Å². The standard InChI is InChI=1S/C17H12N.2C11H8N.Ir/c1-2-7-14(8-3-1)15-9-6-10-16(13-15)17-11-4-5-12-18-17;2*1-2-6-10(7-3-1)11-8-4-5-9-12-11;/h1-9,11-13H;2*1-6,8-9H;. The van der Waals surface area contributed by atoms with Crippen molar-refractivity contribution in [1.82, 2.24) is 15.0 Å². The van der Waals surface area contributed by atoms with Gasteiger partial charge in [0.05, 0.1) is 0 Å². The third-order valence-electron chi connectivity index (χ3n) is 7.12. The van der Waals surface area contributed by atoms with Crippen LogP contribution in [0.15, 0.2) is 170 Å². The summed E-state index contributed by atoms with van der Waals surface area (Å²) in [5, 5.41) is 0. The van der Waals surface area contributed by atoms with Crippen LogP contribution in [-0.4, -0.2) is 15.0 Å². The third-order valence-corrected chi connectivity index (χ3v) is 14.1. The van der Waals surface area contributed by atoms with Gasteiger partial charge in [-0.2, -0.15) is 0 Å². The molecule has 0 radical (unpaired) electrons. The van der Waals surface area contributed by atoms with E-state index in [0.717, 1.165) is 17.1 Å². The summed E-state index contributed by atoms with van der Waals surface area (Å²) >= 11 is -2.58. The Morgan fingerprint density at radius 1 is 0.326 bits per heavy atom. The molecule has 0 saturated carbocycles. The Balaban J connectivity index is 1.54. The summed E-state index contributed by atoms with van der Waals surface area (Å²) in [6.07, 6.45) is 5.64. The first kappa shape index (κ1) is 26.9. The summed E-state index contributed by atoms with van der Waals surface area (Å²) in [4.78, 5) is 14.5. The van der Waals surface area contributed by atoms with Crippen LogP contribution in [0.25, 0.3) is 44.9 Å². The quantitative estimate of drug-likeness (QED) is 0.171. The van der Waals surface area contributed by atoms with Crippen LogP contribution in [0.1, 0.15) is 0 Å². The number of pyridine rings is 3. The molecule has 4 heteroatoms. The van der Waals surface area contributed by atoms with Gasteiger partial charge in [-0.05, 0) is 0 Å². The summed E-state index contributed by atoms with van der Waals surface area (Å²) < 4.78 is 4.02. The molecular weight excluding hydrogens is 703 g/mol. The second-order valence-corrected chi connectivity index (χ2v) is 15.5. The third kappa shape index (κ3) is 5.59. The summed E-state index contributed by atoms with van der Waals surface area (Å²) in [6, 6.07) is 53.6. The molecule has 0 spiro atoms. The van der Waals surface area contributed by atoms with Crippen LogP contribution in [-0.2, 0) is 16.5 Å². The van der Waals surface area contributed by atoms with Gasteiger partial charge in [0.1, 0.15) is 0 Å². The molecule has 0 aliphatic carbocycles. The molecule has 3 aromatic heterocycles. The van der Waals surface area contributed by atoms with Crippen LogP contribution in [0, 0.1) is 0 Å². The summed E-state index contributed by atoms with van der Waals surface area (Å²) in [7, 11) is 0. The molecule has 43 heavy (non-hydrogen) atoms. The van der Waals surface area contributed by atoms with Crippen molar-refractivity contribution in [2.45, 2.75) is 0 Å². The average molecular weight is 731 g/mol. The van der Waals surface area contributed by atoms with E-state index >= 15 is 0 Å². The van der Waals surface area contributed by atoms with Crippen molar-refractivity contribution in [3.63, 3.8) is 0 Å². The first-order chi connectivity index (χ1) is 21.4. The molecule has 7 rings (SSSR count). The molecule has 0 bridgehead atoms. The van der Waals surface area contributed by atoms with E-state index in [4.69, 9.17) is 15.0 Å². The molecule has 4 aromatic carbocycles. The molecule has 7 aromatic rings. The minimum absolute atomic E-state index is 0.978. The number of hydrogen-bond donors (Lipinski definition) is 0. The predicted molar refractivity (Wildman–Crippen MR) is 173 cm³/mol. The Morgan fingerprint density at radius 3 is 1.28 bits per heavy atom. The maximum atomic E-state index is 4.88. The second-order valence-electron chi connectivity index (χ2n) is 9.84. The van der Waals surface area contributed by atoms with Gasteiger partial charge in [0.2, 0.25) is 0 Å². The molecule has 0 aliphatic rings. The van der Waals surface area contributed by atoms with E-state index in [1.54, 1.807) is 0 Å². The van der Waals surface area contributed by atoms with Gasteiger partial charge < -0.3 is 0 Å². The van der Waals surface area contributed by atoms with Crippen molar-refractivity contribution < 1.29 is 16.5 Å². The van der Waals surface area contributed by atoms with Crippen LogP contribution >= 0.6 is 0 Å². The van der Waals surface area contributed by atoms with Crippen LogP contribution in [0.5, 0.6) is 0 Å². The van der Waals surface area contributed by atoms with E-state index in [-0.39, 0.29) is 0 Å². The molecule has 0 amide bonds. The molecule has 0 N–H and O–H groups in total. The van der Waals surface area contributed by atoms with Crippen LogP contribution in [0.3, 0.4) is 0 Å². The molecule has 3 heterocycles. The molecule has 0 unspecified atom stereocenters. The predicted octanol–water partition coefficient (Wildman–Crippen LogP) is 7.43. The van der Waals surface area contributed by atoms with E-state index in [0.29, 0.717) is 0 Å². The van der Waals surface area contributed by atoms with Gasteiger partial charge in [-0.1, -0.05) is 0 Å². The monoisotopic (exact) mass is 731 g/mol. The molecule has 0 saturated heterocycles. The van der Waals surface area contributed by atoms with Gasteiger partial charge in [-0.3, -0.25) is 0 Å². The average Bonchev–Trinajstić information content (AvgIpc) is 3.10. The molecule has 208 valence electrons. The fourth-order valence-electron chi connectivity index (χ4n) is 5.12. The van der Waals surface area contributed by atoms with E-state index in [9.17, 15) is 0 Å². The SMILES string of the molecule is c1ccc(-c2cc[c]([Ir]([c]3ccccc3-c3ccccn3)[c]3ccccc3-c3ccccn3)c(-c3ccccn3)c2)cc1. The molecule has 0 aliphatic heterocycles. The Labute approximate surface area is 257 Å². The van der Waals surface area contributed by atoms with Gasteiger partial charge >= 0.3 is 259 Å². The number of aromatic nitrogens is 3. The van der Waals surface area contributed by atoms with Crippen molar-refractivity contribution in [2.75, 3.05) is 0 Å². The fraction of sp³-hybridized carbons (Fsp3) is 0. The number of nitrogens with zero attached hydrogens (tertiary/aromatic N) is 3. The Morgan fingerprint density at radius 2 is 0.767 bits per heavy atom. The van der Waals surface area contributed by atoms with Crippen LogP contribution < -0.4 is 12.2 Å². The van der Waals surface area contributed by atoms with Gasteiger partial charge in [-0.25, -0.2) is 0 Å². The van der Waals surface area contributed by atoms with Gasteiger partial charge in [0, 0.05) is 0 Å². The Kier molecular flexibility index (Phi) is 7.78. The molecular formula is C39H28IrN3. The van der Waals surface area contributed by atoms with Crippen LogP contribution in [0.4, 0.5) is 0 Å². The van der Waals surface area contributed by atoms with Crippen LogP contribution in [0.2, 0.25) is 0 Å². The second kappa shape index (κ2) is 12.5. The topological polar surface area (TPSA) is 38.7 Å². The van der Waals surface area contributed by atoms with E-state index in [1.165, 1.54) is 40.0 Å². The van der Waals surface area contributed by atoms with Crippen molar-refractivity contribution in [2.24, 2.45) is 0 Å². The van der Waals surface area contributed by atoms with E-state index in [1.807, 2.05) is 36.8 Å². The van der Waals surface area contributed by atoms with Crippen molar-refractivity contribution in [1.29, 1.82) is 0 Å². The molecule has 0 atom stereocenters. The van der Waals surface area contributed by atoms with E-state index in [2.05, 4.69) is 133 Å². The first-order valence-corrected chi connectivity index (χ1v) is 17.7. The molecule has 0 fully saturated rings. The summed E-state index contributed by atoms with van der Waals surface area (Å²) in [5.74, 6) is 0. The fourth-order valence-corrected chi connectivity index (χ4v) is 12.5. The van der Waals surface area contributed by atoms with Gasteiger partial charge in [0.15, 0.2) is 0 Å². The first-order valence-electron chi connectivity index (χ1n) is 14.1. The number of hydrogen-bond acceptors (Lipinski definition) is 3. The van der Waals surface area contributed by atoms with Gasteiger partial charge in [-0.15, -0.1) is 0 Å². The molecule has 3 nitrogen and oxygen atoms in total. The normalized spacial score (nSPS) is 11.2. The van der Waals surface area contributed by atoms with Gasteiger partial charge in [0.25, 0.3) is 0 Å². The summed E-state index contributed by atoms with van der Waals surface area (Å²) in [5.41, 5.74) is 8.84. The zero-order valence-corrected chi connectivity index (χ0v) is 25.7. The number of benzene rings is 4. The Hall–Kier alpha value is -5.02. The van der Waals surface area contributed by atoms with Crippen molar-refractivity contribution >= 4 is 12.2 Å². The van der Waals surface area contributed by atoms with Crippen molar-refractivity contribution in [3.05, 3.63) is 170 Å².